The van der Waals surface area contributed by atoms with Gasteiger partial charge in [-0.3, -0.25) is 19.2 Å². The van der Waals surface area contributed by atoms with E-state index in [1.54, 1.807) is 0 Å². The lowest BCUT2D eigenvalue weighted by Crippen LogP contribution is -2.52. The normalized spacial score (nSPS) is 14.1. The lowest BCUT2D eigenvalue weighted by molar-refractivity contribution is -0.658. The molecule has 0 radical (unpaired) electrons. The second-order valence-corrected chi connectivity index (χ2v) is 27.2. The van der Waals surface area contributed by atoms with Gasteiger partial charge in [0.05, 0.1) is 75.8 Å². The minimum Gasteiger partial charge on any atom is -0.439 e. The van der Waals surface area contributed by atoms with Crippen molar-refractivity contribution < 1.29 is 35.9 Å². The van der Waals surface area contributed by atoms with Crippen molar-refractivity contribution in [2.45, 2.75) is 117 Å². The highest BCUT2D eigenvalue weighted by atomic mass is 16.4. The lowest BCUT2D eigenvalue weighted by Gasteiger charge is -2.27. The number of nitrogens with zero attached hydrogens (tertiary/aromatic N) is 12. The van der Waals surface area contributed by atoms with Crippen molar-refractivity contribution in [3.8, 4) is 0 Å². The summed E-state index contributed by atoms with van der Waals surface area (Å²) in [6.45, 7) is 36.8. The van der Waals surface area contributed by atoms with Crippen molar-refractivity contribution >= 4 is 141 Å². The fourth-order valence-electron chi connectivity index (χ4n) is 14.9. The molecule has 0 spiro atoms. The highest BCUT2D eigenvalue weighted by Crippen LogP contribution is 2.34. The molecule has 4 aliphatic rings. The molecule has 0 atom stereocenters. The Morgan fingerprint density at radius 1 is 0.309 bits per heavy atom. The first kappa shape index (κ1) is 65.4. The molecule has 12 aromatic rings. The molecule has 16 heterocycles. The van der Waals surface area contributed by atoms with Gasteiger partial charge in [0, 0.05) is 115 Å². The van der Waals surface area contributed by atoms with E-state index in [1.165, 1.54) is 95.7 Å². The Balaban J connectivity index is 0.000000117. The molecule has 0 aromatic carbocycles. The van der Waals surface area contributed by atoms with Gasteiger partial charge in [0.25, 0.3) is 23.3 Å². The Kier molecular flexibility index (Phi) is 17.1. The molecule has 16 rings (SSSR count). The first-order valence-corrected chi connectivity index (χ1v) is 33.6. The van der Waals surface area contributed by atoms with Gasteiger partial charge in [-0.15, -0.1) is 0 Å². The van der Waals surface area contributed by atoms with Crippen molar-refractivity contribution in [3.05, 3.63) is 212 Å². The summed E-state index contributed by atoms with van der Waals surface area (Å²) >= 11 is 0. The number of pyridine rings is 8. The van der Waals surface area contributed by atoms with E-state index in [4.69, 9.17) is 17.7 Å². The molecular weight excluding hydrogens is 1200 g/mol. The molecule has 0 fully saturated rings. The number of anilines is 4. The van der Waals surface area contributed by atoms with Crippen LogP contribution in [0.3, 0.4) is 0 Å². The van der Waals surface area contributed by atoms with Crippen LogP contribution in [0.25, 0.3) is 68.7 Å². The first-order chi connectivity index (χ1) is 46.2. The van der Waals surface area contributed by atoms with Crippen LogP contribution in [0.15, 0.2) is 156 Å². The van der Waals surface area contributed by atoms with Crippen LogP contribution < -0.4 is 59.4 Å². The van der Waals surface area contributed by atoms with E-state index in [-0.39, 0.29) is 27.4 Å². The summed E-state index contributed by atoms with van der Waals surface area (Å²) in [4.78, 5) is 27.7. The van der Waals surface area contributed by atoms with Gasteiger partial charge in [-0.1, -0.05) is 0 Å². The molecule has 16 nitrogen and oxygen atoms in total. The van der Waals surface area contributed by atoms with Crippen LogP contribution in [0, 0.1) is 62.3 Å². The van der Waals surface area contributed by atoms with Crippen molar-refractivity contribution in [2.24, 2.45) is 28.2 Å². The van der Waals surface area contributed by atoms with Crippen LogP contribution in [-0.4, -0.2) is 47.3 Å². The van der Waals surface area contributed by atoms with Crippen molar-refractivity contribution in [3.63, 3.8) is 0 Å². The third kappa shape index (κ3) is 11.9. The summed E-state index contributed by atoms with van der Waals surface area (Å²) in [7, 11) is 8.38. The molecule has 12 aromatic heterocycles. The van der Waals surface area contributed by atoms with E-state index < -0.39 is 0 Å². The molecule has 0 unspecified atom stereocenters. The van der Waals surface area contributed by atoms with E-state index in [0.29, 0.717) is 0 Å². The van der Waals surface area contributed by atoms with E-state index >= 15 is 0 Å². The summed E-state index contributed by atoms with van der Waals surface area (Å²) in [5.41, 5.74) is 22.7. The predicted molar refractivity (Wildman–Crippen MR) is 399 cm³/mol. The number of fused-ring (bicyclic) bond motifs is 12. The van der Waals surface area contributed by atoms with Gasteiger partial charge in [-0.25, -0.2) is 38.2 Å². The highest BCUT2D eigenvalue weighted by molar-refractivity contribution is 6.81. The third-order valence-corrected chi connectivity index (χ3v) is 19.6. The molecule has 0 saturated carbocycles. The van der Waals surface area contributed by atoms with Gasteiger partial charge in [0.2, 0.25) is 22.9 Å². The summed E-state index contributed by atoms with van der Waals surface area (Å²) in [6.07, 6.45) is 17.1. The Labute approximate surface area is 571 Å². The zero-order chi connectivity index (χ0) is 68.9. The van der Waals surface area contributed by atoms with Crippen LogP contribution in [0.2, 0.25) is 27.3 Å². The average Bonchev–Trinajstić information content (AvgIpc) is 1.67. The lowest BCUT2D eigenvalue weighted by atomic mass is 9.54. The van der Waals surface area contributed by atoms with Gasteiger partial charge in [-0.05, 0) is 212 Å². The molecule has 0 bridgehead atoms. The number of furan rings is 4. The predicted octanol–water partition coefficient (Wildman–Crippen LogP) is 12.2. The molecule has 0 N–H and O–H groups in total. The van der Waals surface area contributed by atoms with Gasteiger partial charge >= 0.3 is 27.4 Å². The number of hydrogen-bond donors (Lipinski definition) is 0. The van der Waals surface area contributed by atoms with Crippen LogP contribution in [0.4, 0.5) is 23.3 Å². The van der Waals surface area contributed by atoms with Gasteiger partial charge in [0.15, 0.2) is 0 Å². The Morgan fingerprint density at radius 3 is 0.928 bits per heavy atom. The van der Waals surface area contributed by atoms with Gasteiger partial charge in [-0.2, -0.15) is 0 Å². The number of aromatic nitrogens is 8. The van der Waals surface area contributed by atoms with Crippen molar-refractivity contribution in [1.29, 1.82) is 0 Å². The number of allylic oxidation sites excluding steroid dienone is 4. The summed E-state index contributed by atoms with van der Waals surface area (Å²) in [5, 5.41) is 4.42. The topological polar surface area (TPSA) is 133 Å². The van der Waals surface area contributed by atoms with Crippen LogP contribution in [-0.2, 0) is 28.2 Å². The summed E-state index contributed by atoms with van der Waals surface area (Å²) in [5.74, 6) is 8.42. The smallest absolute Gasteiger partial charge is 0.413 e. The molecule has 97 heavy (non-hydrogen) atoms. The monoisotopic (exact) mass is 1290 g/mol. The largest absolute Gasteiger partial charge is 0.439 e. The van der Waals surface area contributed by atoms with Crippen LogP contribution >= 0.6 is 0 Å². The van der Waals surface area contributed by atoms with Crippen LogP contribution in [0.1, 0.15) is 101 Å². The van der Waals surface area contributed by atoms with E-state index in [9.17, 15) is 0 Å². The Bertz CT molecular complexity index is 5150. The minimum atomic E-state index is 0.180. The highest BCUT2D eigenvalue weighted by Gasteiger charge is 2.45. The standard InChI is InChI=1S/C20H23BN3O.3C19H21BN3O/c1-12-9-18(23(6)11-13(12)2)24-15(4)10-17-19(21(24)5)16-8-7-14(3)22-20(16)25-17;2*1-12-6-9-17(22(5)11-12)23-14(3)10-16-18(20(23)4)15-8-7-13(2)21-19(15)24-16;1-12-8-9-22(5)17(10-12)23-14(3)11-16-18(20(23)4)15-7-6-13(2)21-19(15)24-16/h7-11H,1-6H3;3*6-11H,1-5H3/q4*+1. The van der Waals surface area contributed by atoms with Crippen LogP contribution in [0.5, 0.6) is 0 Å². The Hall–Kier alpha value is -10.2. The molecule has 20 heteroatoms. The molecular formula is C77H86B4N12O4+4. The third-order valence-electron chi connectivity index (χ3n) is 19.6. The molecule has 0 saturated heterocycles. The molecule has 0 aliphatic carbocycles. The maximum absolute atomic E-state index is 6.05. The Morgan fingerprint density at radius 2 is 0.608 bits per heavy atom. The fourth-order valence-corrected chi connectivity index (χ4v) is 14.9. The SMILES string of the molecule is CB1c2c(oc3nc(C)ccc23)C=C(C)N1c1cc(C)c(C)c[n+]1C.CB1c2c(oc3nc(C)ccc23)C=C(C)N1c1cc(C)cc[n+]1C.CB1c2c(oc3nc(C)ccc23)C=C(C)N1c1ccc(C)c[n+]1C.CB1c2c(oc3nc(C)ccc23)C=C(C)N1c1ccc(C)c[n+]1C. The van der Waals surface area contributed by atoms with Gasteiger partial charge < -0.3 is 17.7 Å². The molecule has 0 amide bonds. The van der Waals surface area contributed by atoms with E-state index in [2.05, 4.69) is 297 Å². The van der Waals surface area contributed by atoms with E-state index in [1.807, 2.05) is 45.9 Å². The quantitative estimate of drug-likeness (QED) is 0.123. The van der Waals surface area contributed by atoms with Crippen molar-refractivity contribution in [1.82, 2.24) is 19.9 Å². The average molecular weight is 1290 g/mol. The second kappa shape index (κ2) is 25.4. The number of aryl methyl sites for hydroxylation is 13. The zero-order valence-corrected chi connectivity index (χ0v) is 60.1. The van der Waals surface area contributed by atoms with E-state index in [0.717, 1.165) is 90.2 Å². The maximum atomic E-state index is 6.05. The molecule has 4 aliphatic heterocycles. The zero-order valence-electron chi connectivity index (χ0n) is 60.1. The minimum absolute atomic E-state index is 0.180. The summed E-state index contributed by atoms with van der Waals surface area (Å²) in [6, 6.07) is 32.0. The number of rotatable bonds is 4. The first-order valence-electron chi connectivity index (χ1n) is 33.6. The molecule has 486 valence electrons. The maximum Gasteiger partial charge on any atom is 0.413 e. The number of hydrogen-bond acceptors (Lipinski definition) is 12. The second-order valence-electron chi connectivity index (χ2n) is 27.2. The fraction of sp³-hybridized carbons (Fsp3) is 0.273. The summed E-state index contributed by atoms with van der Waals surface area (Å²) < 4.78 is 32.8. The van der Waals surface area contributed by atoms with Gasteiger partial charge in [0.1, 0.15) is 23.0 Å². The van der Waals surface area contributed by atoms with Crippen molar-refractivity contribution in [2.75, 3.05) is 19.2 Å².